The molecule has 0 aliphatic heterocycles. The van der Waals surface area contributed by atoms with Crippen LogP contribution in [0.1, 0.15) is 20.2 Å². The Balaban J connectivity index is 2.12. The van der Waals surface area contributed by atoms with E-state index in [1.807, 2.05) is 6.92 Å². The molecule has 0 bridgehead atoms. The Labute approximate surface area is 114 Å². The van der Waals surface area contributed by atoms with Crippen LogP contribution in [0.25, 0.3) is 0 Å². The van der Waals surface area contributed by atoms with Crippen LogP contribution in [0.4, 0.5) is 5.82 Å². The summed E-state index contributed by atoms with van der Waals surface area (Å²) in [5.74, 6) is 5.78. The summed E-state index contributed by atoms with van der Waals surface area (Å²) >= 11 is 1.29. The average Bonchev–Trinajstić information content (AvgIpc) is 2.94. The standard InChI is InChI=1S/C13H13N3O2S/c1-9-8-12(16(2)15-9)14-13(18)11-6-5-10(19-11)4-3-7-17/h5-6,8,17H,7H2,1-2H3,(H,14,18). The second kappa shape index (κ2) is 5.69. The highest BCUT2D eigenvalue weighted by molar-refractivity contribution is 7.14. The number of anilines is 1. The van der Waals surface area contributed by atoms with E-state index < -0.39 is 0 Å². The van der Waals surface area contributed by atoms with Crippen molar-refractivity contribution in [2.75, 3.05) is 11.9 Å². The smallest absolute Gasteiger partial charge is 0.266 e. The molecule has 0 aliphatic carbocycles. The normalized spacial score (nSPS) is 9.84. The Hall–Kier alpha value is -2.10. The van der Waals surface area contributed by atoms with Gasteiger partial charge >= 0.3 is 0 Å². The molecule has 2 aromatic heterocycles. The maximum absolute atomic E-state index is 12.0. The predicted molar refractivity (Wildman–Crippen MR) is 74.2 cm³/mol. The van der Waals surface area contributed by atoms with Gasteiger partial charge in [0.15, 0.2) is 0 Å². The topological polar surface area (TPSA) is 67.2 Å². The van der Waals surface area contributed by atoms with E-state index in [4.69, 9.17) is 5.11 Å². The molecular weight excluding hydrogens is 262 g/mol. The van der Waals surface area contributed by atoms with Crippen LogP contribution >= 0.6 is 11.3 Å². The van der Waals surface area contributed by atoms with E-state index in [-0.39, 0.29) is 12.5 Å². The molecule has 0 unspecified atom stereocenters. The SMILES string of the molecule is Cc1cc(NC(=O)c2ccc(C#CCO)s2)n(C)n1. The van der Waals surface area contributed by atoms with Crippen LogP contribution < -0.4 is 5.32 Å². The van der Waals surface area contributed by atoms with E-state index in [1.165, 1.54) is 11.3 Å². The zero-order valence-corrected chi connectivity index (χ0v) is 11.4. The molecule has 0 saturated heterocycles. The van der Waals surface area contributed by atoms with Crippen LogP contribution in [0.15, 0.2) is 18.2 Å². The molecule has 2 heterocycles. The van der Waals surface area contributed by atoms with Crippen molar-refractivity contribution in [3.05, 3.63) is 33.6 Å². The second-order valence-electron chi connectivity index (χ2n) is 3.87. The summed E-state index contributed by atoms with van der Waals surface area (Å²) in [4.78, 5) is 13.3. The predicted octanol–water partition coefficient (Wildman–Crippen LogP) is 1.39. The van der Waals surface area contributed by atoms with Gasteiger partial charge in [0.25, 0.3) is 5.91 Å². The van der Waals surface area contributed by atoms with Gasteiger partial charge in [0.1, 0.15) is 12.4 Å². The lowest BCUT2D eigenvalue weighted by Gasteiger charge is -2.02. The van der Waals surface area contributed by atoms with Gasteiger partial charge in [-0.2, -0.15) is 5.10 Å². The van der Waals surface area contributed by atoms with Gasteiger partial charge in [-0.1, -0.05) is 11.8 Å². The van der Waals surface area contributed by atoms with Crippen LogP contribution in [0.5, 0.6) is 0 Å². The first kappa shape index (κ1) is 13.3. The number of aromatic nitrogens is 2. The van der Waals surface area contributed by atoms with Crippen molar-refractivity contribution in [2.45, 2.75) is 6.92 Å². The van der Waals surface area contributed by atoms with Crippen molar-refractivity contribution in [3.63, 3.8) is 0 Å². The summed E-state index contributed by atoms with van der Waals surface area (Å²) in [6.07, 6.45) is 0. The van der Waals surface area contributed by atoms with Crippen LogP contribution in [-0.4, -0.2) is 27.4 Å². The molecule has 5 nitrogen and oxygen atoms in total. The third-order valence-electron chi connectivity index (χ3n) is 2.36. The maximum Gasteiger partial charge on any atom is 0.266 e. The number of aliphatic hydroxyl groups is 1. The van der Waals surface area contributed by atoms with Crippen LogP contribution in [-0.2, 0) is 7.05 Å². The molecule has 0 aromatic carbocycles. The largest absolute Gasteiger partial charge is 0.384 e. The Kier molecular flexibility index (Phi) is 4.00. The number of hydrogen-bond donors (Lipinski definition) is 2. The van der Waals surface area contributed by atoms with Crippen molar-refractivity contribution in [2.24, 2.45) is 7.05 Å². The Bertz CT molecular complexity index is 661. The number of amides is 1. The molecule has 2 aromatic rings. The molecular formula is C13H13N3O2S. The summed E-state index contributed by atoms with van der Waals surface area (Å²) in [7, 11) is 1.77. The minimum absolute atomic E-state index is 0.187. The fraction of sp³-hybridized carbons (Fsp3) is 0.231. The van der Waals surface area contributed by atoms with Crippen LogP contribution in [0.2, 0.25) is 0 Å². The molecule has 0 atom stereocenters. The number of nitrogens with one attached hydrogen (secondary N) is 1. The number of thiophene rings is 1. The van der Waals surface area contributed by atoms with E-state index in [0.29, 0.717) is 10.7 Å². The van der Waals surface area contributed by atoms with E-state index in [9.17, 15) is 4.79 Å². The molecule has 2 rings (SSSR count). The molecule has 98 valence electrons. The Morgan fingerprint density at radius 3 is 3.00 bits per heavy atom. The summed E-state index contributed by atoms with van der Waals surface area (Å²) in [6, 6.07) is 5.28. The minimum atomic E-state index is -0.190. The molecule has 0 spiro atoms. The van der Waals surface area contributed by atoms with E-state index in [1.54, 1.807) is 29.9 Å². The zero-order chi connectivity index (χ0) is 13.8. The highest BCUT2D eigenvalue weighted by Gasteiger charge is 2.11. The number of aliphatic hydroxyl groups excluding tert-OH is 1. The number of carbonyl (C=O) groups excluding carboxylic acids is 1. The molecule has 2 N–H and O–H groups in total. The van der Waals surface area contributed by atoms with Crippen molar-refractivity contribution < 1.29 is 9.90 Å². The van der Waals surface area contributed by atoms with Gasteiger partial charge in [0.05, 0.1) is 15.4 Å². The molecule has 0 saturated carbocycles. The lowest BCUT2D eigenvalue weighted by atomic mass is 10.4. The fourth-order valence-corrected chi connectivity index (χ4v) is 2.34. The number of nitrogens with zero attached hydrogens (tertiary/aromatic N) is 2. The summed E-state index contributed by atoms with van der Waals surface area (Å²) in [6.45, 7) is 1.68. The quantitative estimate of drug-likeness (QED) is 0.814. The maximum atomic E-state index is 12.0. The molecule has 0 aliphatic rings. The lowest BCUT2D eigenvalue weighted by Crippen LogP contribution is -2.13. The van der Waals surface area contributed by atoms with E-state index >= 15 is 0 Å². The number of hydrogen-bond acceptors (Lipinski definition) is 4. The van der Waals surface area contributed by atoms with Gasteiger partial charge < -0.3 is 10.4 Å². The highest BCUT2D eigenvalue weighted by Crippen LogP contribution is 2.17. The number of carbonyl (C=O) groups is 1. The lowest BCUT2D eigenvalue weighted by molar-refractivity contribution is 0.102. The Morgan fingerprint density at radius 2 is 2.37 bits per heavy atom. The molecule has 0 fully saturated rings. The summed E-state index contributed by atoms with van der Waals surface area (Å²) < 4.78 is 1.62. The third kappa shape index (κ3) is 3.22. The van der Waals surface area contributed by atoms with Crippen molar-refractivity contribution in [3.8, 4) is 11.8 Å². The third-order valence-corrected chi connectivity index (χ3v) is 3.36. The van der Waals surface area contributed by atoms with E-state index in [2.05, 4.69) is 22.3 Å². The molecule has 19 heavy (non-hydrogen) atoms. The Morgan fingerprint density at radius 1 is 1.58 bits per heavy atom. The van der Waals surface area contributed by atoms with Gasteiger partial charge in [-0.25, -0.2) is 0 Å². The van der Waals surface area contributed by atoms with Gasteiger partial charge in [0, 0.05) is 13.1 Å². The monoisotopic (exact) mass is 275 g/mol. The number of aryl methyl sites for hydroxylation is 2. The summed E-state index contributed by atoms with van der Waals surface area (Å²) in [5, 5.41) is 15.6. The van der Waals surface area contributed by atoms with Gasteiger partial charge in [-0.3, -0.25) is 9.48 Å². The molecule has 1 amide bonds. The first-order chi connectivity index (χ1) is 9.10. The van der Waals surface area contributed by atoms with Crippen LogP contribution in [0.3, 0.4) is 0 Å². The van der Waals surface area contributed by atoms with Crippen molar-refractivity contribution in [1.82, 2.24) is 9.78 Å². The fourth-order valence-electron chi connectivity index (χ4n) is 1.56. The molecule has 0 radical (unpaired) electrons. The van der Waals surface area contributed by atoms with Gasteiger partial charge in [0.2, 0.25) is 0 Å². The number of rotatable bonds is 2. The molecule has 6 heteroatoms. The van der Waals surface area contributed by atoms with E-state index in [0.717, 1.165) is 10.6 Å². The zero-order valence-electron chi connectivity index (χ0n) is 10.6. The van der Waals surface area contributed by atoms with Crippen LogP contribution in [0, 0.1) is 18.8 Å². The average molecular weight is 275 g/mol. The minimum Gasteiger partial charge on any atom is -0.384 e. The van der Waals surface area contributed by atoms with Crippen molar-refractivity contribution in [1.29, 1.82) is 0 Å². The first-order valence-corrected chi connectivity index (χ1v) is 6.43. The highest BCUT2D eigenvalue weighted by atomic mass is 32.1. The van der Waals surface area contributed by atoms with Gasteiger partial charge in [-0.05, 0) is 19.1 Å². The van der Waals surface area contributed by atoms with Crippen molar-refractivity contribution >= 4 is 23.1 Å². The van der Waals surface area contributed by atoms with Gasteiger partial charge in [-0.15, -0.1) is 11.3 Å². The second-order valence-corrected chi connectivity index (χ2v) is 4.96. The summed E-state index contributed by atoms with van der Waals surface area (Å²) in [5.41, 5.74) is 0.846. The first-order valence-electron chi connectivity index (χ1n) is 5.61.